The third-order valence-electron chi connectivity index (χ3n) is 3.13. The van der Waals surface area contributed by atoms with E-state index in [1.807, 2.05) is 11.5 Å². The van der Waals surface area contributed by atoms with Crippen molar-refractivity contribution in [3.05, 3.63) is 29.6 Å². The van der Waals surface area contributed by atoms with Gasteiger partial charge in [0.1, 0.15) is 12.4 Å². The van der Waals surface area contributed by atoms with Crippen LogP contribution in [0.3, 0.4) is 0 Å². The van der Waals surface area contributed by atoms with E-state index < -0.39 is 5.97 Å². The van der Waals surface area contributed by atoms with Gasteiger partial charge in [-0.25, -0.2) is 9.78 Å². The highest BCUT2D eigenvalue weighted by atomic mass is 16.4. The van der Waals surface area contributed by atoms with E-state index in [-0.39, 0.29) is 18.0 Å². The second-order valence-corrected chi connectivity index (χ2v) is 4.55. The number of carbonyl (C=O) groups excluding carboxylic acids is 1. The number of hydrogen-bond acceptors (Lipinski definition) is 3. The van der Waals surface area contributed by atoms with Gasteiger partial charge < -0.3 is 15.0 Å². The van der Waals surface area contributed by atoms with Gasteiger partial charge in [-0.2, -0.15) is 0 Å². The smallest absolute Gasteiger partial charge is 0.335 e. The quantitative estimate of drug-likeness (QED) is 0.864. The summed E-state index contributed by atoms with van der Waals surface area (Å²) in [5, 5.41) is 11.6. The molecule has 0 atom stereocenters. The lowest BCUT2D eigenvalue weighted by Gasteiger charge is -2.07. The second-order valence-electron chi connectivity index (χ2n) is 4.55. The third-order valence-corrected chi connectivity index (χ3v) is 3.13. The molecule has 2 N–H and O–H groups in total. The topological polar surface area (TPSA) is 84.2 Å². The predicted octanol–water partition coefficient (Wildman–Crippen LogP) is 1.43. The molecule has 0 saturated heterocycles. The summed E-state index contributed by atoms with van der Waals surface area (Å²) in [4.78, 5) is 27.0. The van der Waals surface area contributed by atoms with Crippen molar-refractivity contribution in [1.82, 2.24) is 14.9 Å². The molecule has 0 fully saturated rings. The molecule has 0 radical (unpaired) electrons. The van der Waals surface area contributed by atoms with Gasteiger partial charge in [-0.1, -0.05) is 6.92 Å². The van der Waals surface area contributed by atoms with Crippen LogP contribution in [0, 0.1) is 0 Å². The van der Waals surface area contributed by atoms with Crippen LogP contribution in [0.1, 0.15) is 29.5 Å². The molecule has 2 rings (SSSR count). The normalized spacial score (nSPS) is 10.7. The molecule has 0 aliphatic rings. The summed E-state index contributed by atoms with van der Waals surface area (Å²) in [6.45, 7) is 2.22. The van der Waals surface area contributed by atoms with E-state index in [0.717, 1.165) is 24.2 Å². The Morgan fingerprint density at radius 2 is 2.15 bits per heavy atom. The van der Waals surface area contributed by atoms with E-state index in [2.05, 4.69) is 10.3 Å². The molecule has 6 heteroatoms. The van der Waals surface area contributed by atoms with Crippen LogP contribution in [0.5, 0.6) is 0 Å². The summed E-state index contributed by atoms with van der Waals surface area (Å²) >= 11 is 0. The lowest BCUT2D eigenvalue weighted by atomic mass is 10.2. The number of carbonyl (C=O) groups is 2. The number of imidazole rings is 1. The number of benzene rings is 1. The molecule has 106 valence electrons. The molecule has 1 aromatic carbocycles. The molecule has 1 heterocycles. The second kappa shape index (κ2) is 5.73. The van der Waals surface area contributed by atoms with Gasteiger partial charge in [0.25, 0.3) is 0 Å². The fourth-order valence-electron chi connectivity index (χ4n) is 2.13. The molecule has 0 aliphatic carbocycles. The van der Waals surface area contributed by atoms with Crippen LogP contribution in [-0.2, 0) is 17.8 Å². The maximum Gasteiger partial charge on any atom is 0.335 e. The van der Waals surface area contributed by atoms with Gasteiger partial charge in [0.15, 0.2) is 0 Å². The van der Waals surface area contributed by atoms with Crippen molar-refractivity contribution in [2.24, 2.45) is 0 Å². The molecular formula is C14H17N3O3. The first-order chi connectivity index (χ1) is 9.56. The number of nitrogens with zero attached hydrogens (tertiary/aromatic N) is 2. The van der Waals surface area contributed by atoms with Crippen LogP contribution in [0.4, 0.5) is 0 Å². The lowest BCUT2D eigenvalue weighted by molar-refractivity contribution is -0.121. The highest BCUT2D eigenvalue weighted by Crippen LogP contribution is 2.19. The molecule has 1 aromatic heterocycles. The molecule has 20 heavy (non-hydrogen) atoms. The Morgan fingerprint density at radius 1 is 1.40 bits per heavy atom. The summed E-state index contributed by atoms with van der Waals surface area (Å²) < 4.78 is 1.84. The number of aromatic carboxylic acids is 1. The molecule has 0 aliphatic heterocycles. The van der Waals surface area contributed by atoms with Gasteiger partial charge in [0, 0.05) is 13.5 Å². The maximum absolute atomic E-state index is 11.6. The van der Waals surface area contributed by atoms with Crippen LogP contribution < -0.4 is 5.32 Å². The Hall–Kier alpha value is -2.37. The number of aryl methyl sites for hydroxylation is 1. The summed E-state index contributed by atoms with van der Waals surface area (Å²) in [5.74, 6) is -0.289. The molecule has 0 saturated carbocycles. The average molecular weight is 275 g/mol. The van der Waals surface area contributed by atoms with Gasteiger partial charge in [-0.3, -0.25) is 4.79 Å². The first kappa shape index (κ1) is 14.0. The Labute approximate surface area is 116 Å². The fraction of sp³-hybridized carbons (Fsp3) is 0.357. The summed E-state index contributed by atoms with van der Waals surface area (Å²) in [7, 11) is 1.59. The number of carboxylic acids is 1. The van der Waals surface area contributed by atoms with Gasteiger partial charge in [-0.15, -0.1) is 0 Å². The minimum absolute atomic E-state index is 0.107. The maximum atomic E-state index is 11.6. The Kier molecular flexibility index (Phi) is 4.02. The number of likely N-dealkylation sites (N-methyl/N-ethyl adjacent to an activating group) is 1. The molecule has 0 spiro atoms. The number of nitrogens with one attached hydrogen (secondary N) is 1. The van der Waals surface area contributed by atoms with Crippen LogP contribution in [-0.4, -0.2) is 33.6 Å². The van der Waals surface area contributed by atoms with Crippen LogP contribution in [0.15, 0.2) is 18.2 Å². The van der Waals surface area contributed by atoms with Crippen LogP contribution in [0.25, 0.3) is 11.0 Å². The van der Waals surface area contributed by atoms with Crippen LogP contribution >= 0.6 is 0 Å². The summed E-state index contributed by atoms with van der Waals surface area (Å²) in [6.07, 6.45) is 1.65. The van der Waals surface area contributed by atoms with Crippen molar-refractivity contribution in [3.63, 3.8) is 0 Å². The minimum Gasteiger partial charge on any atom is -0.478 e. The zero-order valence-corrected chi connectivity index (χ0v) is 11.5. The van der Waals surface area contributed by atoms with E-state index >= 15 is 0 Å². The van der Waals surface area contributed by atoms with Gasteiger partial charge in [-0.05, 0) is 24.6 Å². The fourth-order valence-corrected chi connectivity index (χ4v) is 2.13. The van der Waals surface area contributed by atoms with Crippen molar-refractivity contribution in [1.29, 1.82) is 0 Å². The summed E-state index contributed by atoms with van der Waals surface area (Å²) in [5.41, 5.74) is 1.59. The molecule has 1 amide bonds. The number of amides is 1. The highest BCUT2D eigenvalue weighted by Gasteiger charge is 2.14. The number of carboxylic acid groups (broad SMARTS) is 1. The number of hydrogen-bond donors (Lipinski definition) is 2. The lowest BCUT2D eigenvalue weighted by Crippen LogP contribution is -2.24. The molecule has 0 unspecified atom stereocenters. The monoisotopic (exact) mass is 275 g/mol. The van der Waals surface area contributed by atoms with Gasteiger partial charge in [0.05, 0.1) is 16.6 Å². The van der Waals surface area contributed by atoms with Crippen molar-refractivity contribution in [3.8, 4) is 0 Å². The van der Waals surface area contributed by atoms with E-state index in [1.54, 1.807) is 13.1 Å². The zero-order valence-electron chi connectivity index (χ0n) is 11.5. The van der Waals surface area contributed by atoms with E-state index in [9.17, 15) is 9.59 Å². The van der Waals surface area contributed by atoms with Crippen LogP contribution in [0.2, 0.25) is 0 Å². The van der Waals surface area contributed by atoms with Gasteiger partial charge >= 0.3 is 5.97 Å². The Morgan fingerprint density at radius 3 is 2.75 bits per heavy atom. The molecule has 6 nitrogen and oxygen atoms in total. The first-order valence-corrected chi connectivity index (χ1v) is 6.49. The number of aromatic nitrogens is 2. The molecular weight excluding hydrogens is 258 g/mol. The number of rotatable bonds is 5. The van der Waals surface area contributed by atoms with Gasteiger partial charge in [0.2, 0.25) is 5.91 Å². The molecule has 2 aromatic rings. The zero-order chi connectivity index (χ0) is 14.7. The predicted molar refractivity (Wildman–Crippen MR) is 74.8 cm³/mol. The first-order valence-electron chi connectivity index (χ1n) is 6.49. The van der Waals surface area contributed by atoms with Crippen molar-refractivity contribution < 1.29 is 14.7 Å². The SMILES string of the molecule is CCCc1nc2cc(C(=O)O)ccc2n1CC(=O)NC. The van der Waals surface area contributed by atoms with Crippen molar-refractivity contribution >= 4 is 22.9 Å². The van der Waals surface area contributed by atoms with E-state index in [4.69, 9.17) is 5.11 Å². The average Bonchev–Trinajstić information content (AvgIpc) is 2.76. The summed E-state index contributed by atoms with van der Waals surface area (Å²) in [6, 6.07) is 4.77. The third kappa shape index (κ3) is 2.64. The van der Waals surface area contributed by atoms with E-state index in [0.29, 0.717) is 5.52 Å². The highest BCUT2D eigenvalue weighted by molar-refractivity contribution is 5.92. The molecule has 0 bridgehead atoms. The Balaban J connectivity index is 2.54. The Bertz CT molecular complexity index is 661. The standard InChI is InChI=1S/C14H17N3O3/c1-3-4-12-16-10-7-9(14(19)20)5-6-11(10)17(12)8-13(18)15-2/h5-7H,3-4,8H2,1-2H3,(H,15,18)(H,19,20). The number of fused-ring (bicyclic) bond motifs is 1. The van der Waals surface area contributed by atoms with E-state index in [1.165, 1.54) is 12.1 Å². The van der Waals surface area contributed by atoms with Crippen molar-refractivity contribution in [2.45, 2.75) is 26.3 Å². The van der Waals surface area contributed by atoms with Crippen molar-refractivity contribution in [2.75, 3.05) is 7.05 Å². The minimum atomic E-state index is -0.982. The largest absolute Gasteiger partial charge is 0.478 e.